The van der Waals surface area contributed by atoms with E-state index >= 15 is 0 Å². The highest BCUT2D eigenvalue weighted by atomic mass is 16.5. The summed E-state index contributed by atoms with van der Waals surface area (Å²) in [5.41, 5.74) is 5.64. The number of benzene rings is 2. The predicted molar refractivity (Wildman–Crippen MR) is 212 cm³/mol. The number of carbonyl (C=O) groups excluding carboxylic acids is 3. The zero-order valence-corrected chi connectivity index (χ0v) is 32.8. The average molecular weight is 767 g/mol. The van der Waals surface area contributed by atoms with E-state index in [0.717, 1.165) is 84.4 Å². The van der Waals surface area contributed by atoms with E-state index in [2.05, 4.69) is 44.5 Å². The molecule has 2 fully saturated rings. The van der Waals surface area contributed by atoms with Gasteiger partial charge in [-0.15, -0.1) is 0 Å². The van der Waals surface area contributed by atoms with Crippen LogP contribution in [0.1, 0.15) is 103 Å². The molecule has 2 aromatic carbocycles. The van der Waals surface area contributed by atoms with Gasteiger partial charge in [-0.05, 0) is 69.1 Å². The van der Waals surface area contributed by atoms with Crippen LogP contribution in [0.5, 0.6) is 0 Å². The summed E-state index contributed by atoms with van der Waals surface area (Å²) in [6.45, 7) is 9.19. The lowest BCUT2D eigenvalue weighted by atomic mass is 10.0. The van der Waals surface area contributed by atoms with Gasteiger partial charge in [0.15, 0.2) is 0 Å². The first-order valence-corrected chi connectivity index (χ1v) is 19.9. The maximum absolute atomic E-state index is 13.5. The standard InChI is InChI=1S/C42H54N8O6/c1-5-7-21-48(42(54)55)28(4)40(52)50-23-10-12-36(50)38-44-26-34(47-38)32-19-15-30(16-20-32)29-13-17-31(18-14-29)33-25-43-37(46-33)35-11-9-22-49(35)39(51)27(3)45-41(53)56-24-8-6-2/h13-20,25-28,35-36H,5-12,21-24H2,1-4H3,(H,43,46)(H,44,47)(H,45,53)(H,54,55)/t27-,28-,35-,36-/m0/s1. The second kappa shape index (κ2) is 18.3. The van der Waals surface area contributed by atoms with Crippen molar-refractivity contribution < 1.29 is 29.0 Å². The molecule has 4 aromatic rings. The molecular weight excluding hydrogens is 713 g/mol. The summed E-state index contributed by atoms with van der Waals surface area (Å²) >= 11 is 0. The van der Waals surface area contributed by atoms with Gasteiger partial charge in [-0.25, -0.2) is 19.6 Å². The van der Waals surface area contributed by atoms with E-state index in [1.165, 1.54) is 4.90 Å². The number of nitrogens with one attached hydrogen (secondary N) is 3. The molecule has 4 heterocycles. The molecule has 0 radical (unpaired) electrons. The Morgan fingerprint density at radius 1 is 0.857 bits per heavy atom. The highest BCUT2D eigenvalue weighted by Crippen LogP contribution is 2.35. The third-order valence-corrected chi connectivity index (χ3v) is 10.9. The first-order valence-electron chi connectivity index (χ1n) is 19.9. The van der Waals surface area contributed by atoms with Crippen LogP contribution in [0, 0.1) is 0 Å². The van der Waals surface area contributed by atoms with Gasteiger partial charge < -0.3 is 34.9 Å². The number of carbonyl (C=O) groups is 4. The largest absolute Gasteiger partial charge is 0.465 e. The van der Waals surface area contributed by atoms with Gasteiger partial charge in [-0.2, -0.15) is 0 Å². The molecule has 2 aliphatic heterocycles. The number of hydrogen-bond donors (Lipinski definition) is 4. The fraction of sp³-hybridized carbons (Fsp3) is 0.476. The number of imidazole rings is 2. The number of amides is 4. The SMILES string of the molecule is CCCCOC(=O)N[C@@H](C)C(=O)N1CCC[C@H]1c1ncc(-c2ccc(-c3ccc(-c4c[nH]c([C@@H]5CCCN5C(=O)[C@H](C)N(CCCC)C(=O)O)n4)cc3)cc2)[nH]1. The van der Waals surface area contributed by atoms with Crippen LogP contribution >= 0.6 is 0 Å². The summed E-state index contributed by atoms with van der Waals surface area (Å²) < 4.78 is 5.17. The number of hydrogen-bond acceptors (Lipinski definition) is 7. The number of aromatic nitrogens is 4. The van der Waals surface area contributed by atoms with Crippen LogP contribution in [0.25, 0.3) is 33.6 Å². The molecule has 298 valence electrons. The van der Waals surface area contributed by atoms with Crippen LogP contribution < -0.4 is 5.32 Å². The Morgan fingerprint density at radius 3 is 2.07 bits per heavy atom. The van der Waals surface area contributed by atoms with Gasteiger partial charge in [0.1, 0.15) is 23.7 Å². The van der Waals surface area contributed by atoms with E-state index in [1.807, 2.05) is 44.3 Å². The van der Waals surface area contributed by atoms with Gasteiger partial charge in [0.2, 0.25) is 11.8 Å². The minimum atomic E-state index is -1.08. The van der Waals surface area contributed by atoms with Crippen LogP contribution in [-0.2, 0) is 14.3 Å². The molecule has 0 bridgehead atoms. The van der Waals surface area contributed by atoms with Gasteiger partial charge in [-0.1, -0.05) is 75.2 Å². The molecular formula is C42H54N8O6. The summed E-state index contributed by atoms with van der Waals surface area (Å²) in [5, 5.41) is 12.4. The first-order chi connectivity index (χ1) is 27.1. The Labute approximate surface area is 328 Å². The fourth-order valence-electron chi connectivity index (χ4n) is 7.61. The van der Waals surface area contributed by atoms with Gasteiger partial charge in [0, 0.05) is 31.4 Å². The van der Waals surface area contributed by atoms with Crippen molar-refractivity contribution in [3.63, 3.8) is 0 Å². The topological polar surface area (TPSA) is 177 Å². The lowest BCUT2D eigenvalue weighted by Gasteiger charge is -2.31. The number of aromatic amines is 2. The summed E-state index contributed by atoms with van der Waals surface area (Å²) in [6, 6.07) is 14.5. The lowest BCUT2D eigenvalue weighted by molar-refractivity contribution is -0.137. The zero-order chi connectivity index (χ0) is 39.8. The maximum atomic E-state index is 13.5. The normalized spacial score (nSPS) is 17.8. The molecule has 2 aliphatic rings. The minimum absolute atomic E-state index is 0.160. The number of likely N-dealkylation sites (tertiary alicyclic amines) is 2. The molecule has 0 saturated carbocycles. The zero-order valence-electron chi connectivity index (χ0n) is 32.8. The van der Waals surface area contributed by atoms with Gasteiger partial charge in [0.25, 0.3) is 0 Å². The molecule has 14 heteroatoms. The number of rotatable bonds is 15. The highest BCUT2D eigenvalue weighted by molar-refractivity contribution is 5.86. The molecule has 0 unspecified atom stereocenters. The monoisotopic (exact) mass is 766 g/mol. The van der Waals surface area contributed by atoms with Crippen molar-refractivity contribution in [1.29, 1.82) is 0 Å². The Morgan fingerprint density at radius 2 is 1.45 bits per heavy atom. The molecule has 4 amide bonds. The van der Waals surface area contributed by atoms with Crippen LogP contribution in [0.15, 0.2) is 60.9 Å². The molecule has 4 N–H and O–H groups in total. The van der Waals surface area contributed by atoms with Crippen LogP contribution in [0.2, 0.25) is 0 Å². The third-order valence-electron chi connectivity index (χ3n) is 10.9. The van der Waals surface area contributed by atoms with E-state index in [9.17, 15) is 24.3 Å². The molecule has 6 rings (SSSR count). The Balaban J connectivity index is 1.07. The van der Waals surface area contributed by atoms with Crippen molar-refractivity contribution in [3.05, 3.63) is 72.6 Å². The van der Waals surface area contributed by atoms with Crippen molar-refractivity contribution in [3.8, 4) is 33.6 Å². The molecule has 0 spiro atoms. The number of nitrogens with zero attached hydrogens (tertiary/aromatic N) is 5. The summed E-state index contributed by atoms with van der Waals surface area (Å²) in [4.78, 5) is 71.9. The quantitative estimate of drug-likeness (QED) is 0.0897. The van der Waals surface area contributed by atoms with E-state index in [1.54, 1.807) is 29.8 Å². The fourth-order valence-corrected chi connectivity index (χ4v) is 7.61. The van der Waals surface area contributed by atoms with Gasteiger partial charge in [-0.3, -0.25) is 14.5 Å². The van der Waals surface area contributed by atoms with E-state index < -0.39 is 24.3 Å². The Hall–Kier alpha value is -5.66. The Bertz CT molecular complexity index is 1960. The van der Waals surface area contributed by atoms with E-state index in [0.29, 0.717) is 38.5 Å². The van der Waals surface area contributed by atoms with E-state index in [4.69, 9.17) is 9.72 Å². The average Bonchev–Trinajstić information content (AvgIpc) is 4.04. The van der Waals surface area contributed by atoms with Crippen molar-refractivity contribution in [2.45, 2.75) is 103 Å². The second-order valence-corrected chi connectivity index (χ2v) is 14.7. The minimum Gasteiger partial charge on any atom is -0.465 e. The van der Waals surface area contributed by atoms with Gasteiger partial charge in [0.05, 0.1) is 36.3 Å². The number of unbranched alkanes of at least 4 members (excludes halogenated alkanes) is 2. The predicted octanol–water partition coefficient (Wildman–Crippen LogP) is 7.54. The van der Waals surface area contributed by atoms with Gasteiger partial charge >= 0.3 is 12.2 Å². The van der Waals surface area contributed by atoms with Crippen molar-refractivity contribution >= 4 is 24.0 Å². The second-order valence-electron chi connectivity index (χ2n) is 14.7. The molecule has 4 atom stereocenters. The summed E-state index contributed by atoms with van der Waals surface area (Å²) in [6.07, 6.45) is 8.47. The van der Waals surface area contributed by atoms with Crippen LogP contribution in [0.4, 0.5) is 9.59 Å². The first kappa shape index (κ1) is 40.0. The smallest absolute Gasteiger partial charge is 0.407 e. The molecule has 56 heavy (non-hydrogen) atoms. The summed E-state index contributed by atoms with van der Waals surface area (Å²) in [7, 11) is 0. The number of carboxylic acid groups (broad SMARTS) is 1. The number of alkyl carbamates (subject to hydrolysis) is 1. The number of H-pyrrole nitrogens is 2. The lowest BCUT2D eigenvalue weighted by Crippen LogP contribution is -2.49. The molecule has 14 nitrogen and oxygen atoms in total. The summed E-state index contributed by atoms with van der Waals surface area (Å²) in [5.74, 6) is 1.07. The molecule has 2 aromatic heterocycles. The maximum Gasteiger partial charge on any atom is 0.407 e. The molecule has 2 saturated heterocycles. The van der Waals surface area contributed by atoms with Crippen molar-refractivity contribution in [1.82, 2.24) is 40.0 Å². The van der Waals surface area contributed by atoms with E-state index in [-0.39, 0.29) is 23.9 Å². The van der Waals surface area contributed by atoms with Crippen molar-refractivity contribution in [2.24, 2.45) is 0 Å². The third kappa shape index (κ3) is 9.06. The number of ether oxygens (including phenoxy) is 1. The highest BCUT2D eigenvalue weighted by Gasteiger charge is 2.38. The molecule has 0 aliphatic carbocycles. The van der Waals surface area contributed by atoms with Crippen molar-refractivity contribution in [2.75, 3.05) is 26.2 Å². The van der Waals surface area contributed by atoms with Crippen LogP contribution in [0.3, 0.4) is 0 Å². The Kier molecular flexibility index (Phi) is 13.1. The van der Waals surface area contributed by atoms with Crippen LogP contribution in [-0.4, -0.2) is 102 Å².